The maximum atomic E-state index is 12.2. The molecule has 1 aliphatic heterocycles. The van der Waals surface area contributed by atoms with Gasteiger partial charge in [0.25, 0.3) is 0 Å². The van der Waals surface area contributed by atoms with Crippen molar-refractivity contribution in [1.82, 2.24) is 15.6 Å². The SMILES string of the molecule is CCNC(=NCc1ccc(N2CCCC2)nc1)NCc1ccc(COCC(F)(F)F)cc1.I. The summed E-state index contributed by atoms with van der Waals surface area (Å²) >= 11 is 0. The molecule has 2 heterocycles. The van der Waals surface area contributed by atoms with E-state index in [1.807, 2.05) is 25.3 Å². The first-order valence-corrected chi connectivity index (χ1v) is 10.9. The van der Waals surface area contributed by atoms with Gasteiger partial charge < -0.3 is 20.3 Å². The van der Waals surface area contributed by atoms with Crippen LogP contribution in [0.25, 0.3) is 0 Å². The average Bonchev–Trinajstić information content (AvgIpc) is 3.31. The number of anilines is 1. The van der Waals surface area contributed by atoms with Gasteiger partial charge >= 0.3 is 6.18 Å². The Morgan fingerprint density at radius 3 is 2.30 bits per heavy atom. The minimum absolute atomic E-state index is 0. The molecule has 0 saturated carbocycles. The number of pyridine rings is 1. The average molecular weight is 577 g/mol. The van der Waals surface area contributed by atoms with Gasteiger partial charge in [-0.25, -0.2) is 9.98 Å². The van der Waals surface area contributed by atoms with Gasteiger partial charge in [0, 0.05) is 32.4 Å². The zero-order valence-corrected chi connectivity index (χ0v) is 21.0. The molecule has 182 valence electrons. The Morgan fingerprint density at radius 1 is 1.03 bits per heavy atom. The molecule has 3 rings (SSSR count). The quantitative estimate of drug-likeness (QED) is 0.259. The van der Waals surface area contributed by atoms with Crippen molar-refractivity contribution in [1.29, 1.82) is 0 Å². The van der Waals surface area contributed by atoms with Crippen LogP contribution in [0.5, 0.6) is 0 Å². The minimum Gasteiger partial charge on any atom is -0.367 e. The molecule has 2 aromatic rings. The molecule has 0 spiro atoms. The van der Waals surface area contributed by atoms with Crippen LogP contribution in [0.4, 0.5) is 19.0 Å². The number of hydrogen-bond acceptors (Lipinski definition) is 4. The van der Waals surface area contributed by atoms with E-state index in [0.717, 1.165) is 36.6 Å². The molecule has 0 aliphatic carbocycles. The van der Waals surface area contributed by atoms with Crippen molar-refractivity contribution >= 4 is 35.8 Å². The van der Waals surface area contributed by atoms with E-state index in [0.29, 0.717) is 24.6 Å². The van der Waals surface area contributed by atoms with Crippen LogP contribution in [-0.2, 0) is 24.4 Å². The number of hydrogen-bond donors (Lipinski definition) is 2. The Bertz CT molecular complexity index is 854. The smallest absolute Gasteiger partial charge is 0.367 e. The maximum Gasteiger partial charge on any atom is 0.411 e. The minimum atomic E-state index is -4.31. The van der Waals surface area contributed by atoms with E-state index in [-0.39, 0.29) is 30.6 Å². The van der Waals surface area contributed by atoms with E-state index >= 15 is 0 Å². The number of benzene rings is 1. The van der Waals surface area contributed by atoms with E-state index in [1.54, 1.807) is 12.1 Å². The third kappa shape index (κ3) is 9.75. The zero-order chi connectivity index (χ0) is 22.8. The molecule has 0 bridgehead atoms. The monoisotopic (exact) mass is 577 g/mol. The van der Waals surface area contributed by atoms with Crippen molar-refractivity contribution in [2.45, 2.75) is 45.6 Å². The molecule has 0 radical (unpaired) electrons. The van der Waals surface area contributed by atoms with Crippen molar-refractivity contribution in [3.63, 3.8) is 0 Å². The van der Waals surface area contributed by atoms with Gasteiger partial charge in [-0.15, -0.1) is 24.0 Å². The number of ether oxygens (including phenoxy) is 1. The van der Waals surface area contributed by atoms with E-state index < -0.39 is 12.8 Å². The van der Waals surface area contributed by atoms with Gasteiger partial charge in [-0.05, 0) is 42.5 Å². The van der Waals surface area contributed by atoms with Crippen molar-refractivity contribution in [2.75, 3.05) is 31.1 Å². The molecule has 1 saturated heterocycles. The van der Waals surface area contributed by atoms with Crippen LogP contribution >= 0.6 is 24.0 Å². The summed E-state index contributed by atoms with van der Waals surface area (Å²) in [7, 11) is 0. The lowest BCUT2D eigenvalue weighted by Crippen LogP contribution is -2.36. The van der Waals surface area contributed by atoms with Crippen molar-refractivity contribution in [3.8, 4) is 0 Å². The number of nitrogens with one attached hydrogen (secondary N) is 2. The van der Waals surface area contributed by atoms with Crippen LogP contribution in [-0.4, -0.2) is 43.4 Å². The highest BCUT2D eigenvalue weighted by Gasteiger charge is 2.27. The fraction of sp³-hybridized carbons (Fsp3) is 0.478. The van der Waals surface area contributed by atoms with Crippen LogP contribution in [0.15, 0.2) is 47.6 Å². The highest BCUT2D eigenvalue weighted by molar-refractivity contribution is 14.0. The molecule has 1 aromatic carbocycles. The first-order chi connectivity index (χ1) is 15.4. The summed E-state index contributed by atoms with van der Waals surface area (Å²) in [5, 5.41) is 6.49. The molecule has 33 heavy (non-hydrogen) atoms. The number of halogens is 4. The lowest BCUT2D eigenvalue weighted by Gasteiger charge is -2.16. The van der Waals surface area contributed by atoms with Crippen LogP contribution in [0, 0.1) is 0 Å². The van der Waals surface area contributed by atoms with E-state index in [2.05, 4.69) is 42.4 Å². The molecule has 2 N–H and O–H groups in total. The lowest BCUT2D eigenvalue weighted by molar-refractivity contribution is -0.176. The summed E-state index contributed by atoms with van der Waals surface area (Å²) in [6.45, 7) is 4.62. The second-order valence-corrected chi connectivity index (χ2v) is 7.69. The molecule has 1 fully saturated rings. The summed E-state index contributed by atoms with van der Waals surface area (Å²) in [4.78, 5) is 11.5. The van der Waals surface area contributed by atoms with Gasteiger partial charge in [0.1, 0.15) is 12.4 Å². The molecule has 1 aromatic heterocycles. The summed E-state index contributed by atoms with van der Waals surface area (Å²) in [6.07, 6.45) is 0.0121. The number of aromatic nitrogens is 1. The Labute approximate surface area is 210 Å². The summed E-state index contributed by atoms with van der Waals surface area (Å²) < 4.78 is 41.2. The number of aliphatic imine (C=N–C) groups is 1. The second kappa shape index (κ2) is 13.6. The van der Waals surface area contributed by atoms with Crippen LogP contribution < -0.4 is 15.5 Å². The van der Waals surface area contributed by atoms with Gasteiger partial charge in [0.15, 0.2) is 5.96 Å². The lowest BCUT2D eigenvalue weighted by atomic mass is 10.1. The van der Waals surface area contributed by atoms with Crippen molar-refractivity contribution in [3.05, 3.63) is 59.3 Å². The normalized spacial score (nSPS) is 14.2. The predicted octanol–water partition coefficient (Wildman–Crippen LogP) is 4.63. The number of nitrogens with zero attached hydrogens (tertiary/aromatic N) is 3. The number of alkyl halides is 3. The van der Waals surface area contributed by atoms with Crippen LogP contribution in [0.1, 0.15) is 36.5 Å². The third-order valence-corrected chi connectivity index (χ3v) is 5.02. The maximum absolute atomic E-state index is 12.2. The Kier molecular flexibility index (Phi) is 11.2. The molecule has 0 atom stereocenters. The molecule has 10 heteroatoms. The summed E-state index contributed by atoms with van der Waals surface area (Å²) in [6, 6.07) is 11.4. The van der Waals surface area contributed by atoms with Gasteiger partial charge in [0.2, 0.25) is 0 Å². The molecular weight excluding hydrogens is 546 g/mol. The largest absolute Gasteiger partial charge is 0.411 e. The van der Waals surface area contributed by atoms with Crippen molar-refractivity contribution in [2.24, 2.45) is 4.99 Å². The second-order valence-electron chi connectivity index (χ2n) is 7.69. The number of guanidine groups is 1. The van der Waals surface area contributed by atoms with E-state index in [1.165, 1.54) is 12.8 Å². The summed E-state index contributed by atoms with van der Waals surface area (Å²) in [5.41, 5.74) is 2.73. The molecule has 1 aliphatic rings. The first kappa shape index (κ1) is 27.2. The summed E-state index contributed by atoms with van der Waals surface area (Å²) in [5.74, 6) is 1.71. The predicted molar refractivity (Wildman–Crippen MR) is 135 cm³/mol. The van der Waals surface area contributed by atoms with E-state index in [4.69, 9.17) is 0 Å². The number of rotatable bonds is 9. The van der Waals surface area contributed by atoms with Gasteiger partial charge in [-0.1, -0.05) is 30.3 Å². The molecule has 6 nitrogen and oxygen atoms in total. The zero-order valence-electron chi connectivity index (χ0n) is 18.7. The Balaban J connectivity index is 0.00000385. The van der Waals surface area contributed by atoms with Crippen LogP contribution in [0.3, 0.4) is 0 Å². The third-order valence-electron chi connectivity index (χ3n) is 5.02. The molecule has 0 amide bonds. The van der Waals surface area contributed by atoms with E-state index in [9.17, 15) is 13.2 Å². The highest BCUT2D eigenvalue weighted by atomic mass is 127. The molecular formula is C23H31F3IN5O. The fourth-order valence-corrected chi connectivity index (χ4v) is 3.38. The fourth-order valence-electron chi connectivity index (χ4n) is 3.38. The van der Waals surface area contributed by atoms with Crippen molar-refractivity contribution < 1.29 is 17.9 Å². The van der Waals surface area contributed by atoms with Gasteiger partial charge in [-0.2, -0.15) is 13.2 Å². The molecule has 0 unspecified atom stereocenters. The first-order valence-electron chi connectivity index (χ1n) is 10.9. The topological polar surface area (TPSA) is 61.8 Å². The standard InChI is InChI=1S/C23H30F3N5O.HI/c1-2-27-22(30-15-20-9-10-21(28-14-20)31-11-3-4-12-31)29-13-18-5-7-19(8-6-18)16-32-17-23(24,25)26;/h5-10,14H,2-4,11-13,15-17H2,1H3,(H2,27,29,30);1H. The Morgan fingerprint density at radius 2 is 1.70 bits per heavy atom. The van der Waals surface area contributed by atoms with Crippen LogP contribution in [0.2, 0.25) is 0 Å². The van der Waals surface area contributed by atoms with Gasteiger partial charge in [0.05, 0.1) is 13.2 Å². The van der Waals surface area contributed by atoms with Gasteiger partial charge in [-0.3, -0.25) is 0 Å². The highest BCUT2D eigenvalue weighted by Crippen LogP contribution is 2.18. The Hall–Kier alpha value is -2.08.